The maximum atomic E-state index is 6.16. The molecule has 0 aliphatic carbocycles. The molecule has 5 nitrogen and oxygen atoms in total. The summed E-state index contributed by atoms with van der Waals surface area (Å²) >= 11 is 3.50. The van der Waals surface area contributed by atoms with Crippen LogP contribution in [0.2, 0.25) is 0 Å². The fourth-order valence-corrected chi connectivity index (χ4v) is 2.41. The lowest BCUT2D eigenvalue weighted by molar-refractivity contribution is 0.790. The van der Waals surface area contributed by atoms with Gasteiger partial charge in [0.05, 0.1) is 5.69 Å². The van der Waals surface area contributed by atoms with E-state index in [0.29, 0.717) is 11.5 Å². The van der Waals surface area contributed by atoms with Crippen LogP contribution in [0.25, 0.3) is 17.1 Å². The van der Waals surface area contributed by atoms with Crippen LogP contribution >= 0.6 is 15.9 Å². The highest BCUT2D eigenvalue weighted by molar-refractivity contribution is 9.10. The lowest BCUT2D eigenvalue weighted by Gasteiger charge is -2.09. The van der Waals surface area contributed by atoms with Gasteiger partial charge in [-0.25, -0.2) is 0 Å². The van der Waals surface area contributed by atoms with Crippen LogP contribution in [0.1, 0.15) is 11.1 Å². The summed E-state index contributed by atoms with van der Waals surface area (Å²) in [5.74, 6) is 0.637. The lowest BCUT2D eigenvalue weighted by Crippen LogP contribution is -2.03. The number of hydrogen-bond acceptors (Lipinski definition) is 4. The fraction of sp³-hybridized carbons (Fsp3) is 0.133. The molecule has 0 radical (unpaired) electrons. The van der Waals surface area contributed by atoms with Crippen LogP contribution in [0, 0.1) is 13.8 Å². The second-order valence-electron chi connectivity index (χ2n) is 4.88. The lowest BCUT2D eigenvalue weighted by atomic mass is 10.1. The van der Waals surface area contributed by atoms with E-state index >= 15 is 0 Å². The van der Waals surface area contributed by atoms with Crippen LogP contribution in [-0.4, -0.2) is 20.2 Å². The number of nitrogens with zero attached hydrogens (tertiary/aromatic N) is 4. The van der Waals surface area contributed by atoms with E-state index in [0.717, 1.165) is 26.9 Å². The number of nitrogens with two attached hydrogens (primary N) is 1. The van der Waals surface area contributed by atoms with E-state index in [-0.39, 0.29) is 0 Å². The van der Waals surface area contributed by atoms with Crippen LogP contribution in [0.5, 0.6) is 0 Å². The van der Waals surface area contributed by atoms with Gasteiger partial charge in [0.1, 0.15) is 0 Å². The molecule has 2 aromatic carbocycles. The van der Waals surface area contributed by atoms with Gasteiger partial charge in [0.25, 0.3) is 0 Å². The van der Waals surface area contributed by atoms with Gasteiger partial charge < -0.3 is 5.73 Å². The Morgan fingerprint density at radius 1 is 1.10 bits per heavy atom. The maximum Gasteiger partial charge on any atom is 0.189 e. The summed E-state index contributed by atoms with van der Waals surface area (Å²) in [6, 6.07) is 11.8. The fourth-order valence-electron chi connectivity index (χ4n) is 2.17. The number of anilines is 1. The first kappa shape index (κ1) is 13.8. The third kappa shape index (κ3) is 2.42. The first-order valence-electron chi connectivity index (χ1n) is 6.48. The smallest absolute Gasteiger partial charge is 0.189 e. The van der Waals surface area contributed by atoms with E-state index in [1.54, 1.807) is 4.68 Å². The molecule has 21 heavy (non-hydrogen) atoms. The molecule has 0 spiro atoms. The molecule has 0 bridgehead atoms. The van der Waals surface area contributed by atoms with Crippen LogP contribution in [0.4, 0.5) is 5.69 Å². The zero-order valence-corrected chi connectivity index (χ0v) is 13.3. The van der Waals surface area contributed by atoms with Crippen molar-refractivity contribution in [3.05, 3.63) is 52.0 Å². The van der Waals surface area contributed by atoms with E-state index in [1.165, 1.54) is 0 Å². The number of halogens is 1. The maximum absolute atomic E-state index is 6.16. The van der Waals surface area contributed by atoms with E-state index in [1.807, 2.05) is 50.2 Å². The number of para-hydroxylation sites is 1. The Balaban J connectivity index is 2.17. The largest absolute Gasteiger partial charge is 0.398 e. The van der Waals surface area contributed by atoms with Crippen molar-refractivity contribution in [2.75, 3.05) is 5.73 Å². The first-order chi connectivity index (χ1) is 10.1. The van der Waals surface area contributed by atoms with Gasteiger partial charge in [0.15, 0.2) is 5.82 Å². The molecule has 0 aliphatic heterocycles. The van der Waals surface area contributed by atoms with Crippen LogP contribution in [0.15, 0.2) is 40.9 Å². The highest BCUT2D eigenvalue weighted by atomic mass is 79.9. The number of aryl methyl sites for hydroxylation is 2. The molecule has 1 aromatic heterocycles. The minimum absolute atomic E-state index is 0.637. The highest BCUT2D eigenvalue weighted by Gasteiger charge is 2.14. The second-order valence-corrected chi connectivity index (χ2v) is 5.74. The van der Waals surface area contributed by atoms with Crippen molar-refractivity contribution >= 4 is 21.6 Å². The van der Waals surface area contributed by atoms with Gasteiger partial charge in [-0.15, -0.1) is 5.10 Å². The Morgan fingerprint density at radius 2 is 1.90 bits per heavy atom. The first-order valence-corrected chi connectivity index (χ1v) is 7.27. The van der Waals surface area contributed by atoms with Crippen molar-refractivity contribution in [2.45, 2.75) is 13.8 Å². The summed E-state index contributed by atoms with van der Waals surface area (Å²) in [5.41, 5.74) is 10.7. The number of rotatable bonds is 2. The number of nitrogen functional groups attached to an aromatic ring is 1. The zero-order chi connectivity index (χ0) is 15.0. The molecular formula is C15H14BrN5. The Bertz CT molecular complexity index is 810. The standard InChI is InChI=1S/C15H14BrN5/c1-9-4-3-5-12(14(9)17)15-18-19-20-21(15)11-6-7-13(16)10(2)8-11/h3-8H,17H2,1-2H3. The Kier molecular flexibility index (Phi) is 3.47. The van der Waals surface area contributed by atoms with Crippen molar-refractivity contribution in [1.29, 1.82) is 0 Å². The van der Waals surface area contributed by atoms with Crippen molar-refractivity contribution in [1.82, 2.24) is 20.2 Å². The minimum atomic E-state index is 0.637. The van der Waals surface area contributed by atoms with E-state index in [4.69, 9.17) is 5.73 Å². The Hall–Kier alpha value is -2.21. The topological polar surface area (TPSA) is 69.6 Å². The van der Waals surface area contributed by atoms with Crippen molar-refractivity contribution < 1.29 is 0 Å². The average molecular weight is 344 g/mol. The van der Waals surface area contributed by atoms with Gasteiger partial charge in [-0.3, -0.25) is 0 Å². The number of tetrazole rings is 1. The average Bonchev–Trinajstić information content (AvgIpc) is 2.94. The van der Waals surface area contributed by atoms with E-state index in [2.05, 4.69) is 31.5 Å². The number of benzene rings is 2. The van der Waals surface area contributed by atoms with Gasteiger partial charge in [-0.2, -0.15) is 4.68 Å². The summed E-state index contributed by atoms with van der Waals surface area (Å²) in [6.45, 7) is 4.00. The molecule has 3 aromatic rings. The molecule has 6 heteroatoms. The third-order valence-corrected chi connectivity index (χ3v) is 4.31. The van der Waals surface area contributed by atoms with E-state index < -0.39 is 0 Å². The summed E-state index contributed by atoms with van der Waals surface area (Å²) in [6.07, 6.45) is 0. The van der Waals surface area contributed by atoms with Gasteiger partial charge in [0.2, 0.25) is 0 Å². The Labute approximate surface area is 130 Å². The predicted octanol–water partition coefficient (Wildman–Crippen LogP) is 3.29. The third-order valence-electron chi connectivity index (χ3n) is 3.42. The summed E-state index contributed by atoms with van der Waals surface area (Å²) in [7, 11) is 0. The summed E-state index contributed by atoms with van der Waals surface area (Å²) < 4.78 is 2.75. The van der Waals surface area contributed by atoms with Crippen molar-refractivity contribution in [3.8, 4) is 17.1 Å². The summed E-state index contributed by atoms with van der Waals surface area (Å²) in [5, 5.41) is 12.0. The quantitative estimate of drug-likeness (QED) is 0.725. The molecular weight excluding hydrogens is 330 g/mol. The Morgan fingerprint density at radius 3 is 2.67 bits per heavy atom. The zero-order valence-electron chi connectivity index (χ0n) is 11.7. The monoisotopic (exact) mass is 343 g/mol. The molecule has 106 valence electrons. The molecule has 0 unspecified atom stereocenters. The predicted molar refractivity (Wildman–Crippen MR) is 86.2 cm³/mol. The van der Waals surface area contributed by atoms with E-state index in [9.17, 15) is 0 Å². The molecule has 2 N–H and O–H groups in total. The molecule has 0 atom stereocenters. The summed E-state index contributed by atoms with van der Waals surface area (Å²) in [4.78, 5) is 0. The number of hydrogen-bond donors (Lipinski definition) is 1. The second kappa shape index (κ2) is 5.29. The van der Waals surface area contributed by atoms with Gasteiger partial charge >= 0.3 is 0 Å². The molecule has 0 fully saturated rings. The molecule has 0 amide bonds. The van der Waals surface area contributed by atoms with Gasteiger partial charge in [-0.05, 0) is 59.7 Å². The molecule has 3 rings (SSSR count). The normalized spacial score (nSPS) is 10.8. The van der Waals surface area contributed by atoms with Crippen LogP contribution < -0.4 is 5.73 Å². The molecule has 0 aliphatic rings. The van der Waals surface area contributed by atoms with Gasteiger partial charge in [0, 0.05) is 15.7 Å². The van der Waals surface area contributed by atoms with Gasteiger partial charge in [-0.1, -0.05) is 28.1 Å². The highest BCUT2D eigenvalue weighted by Crippen LogP contribution is 2.28. The molecule has 1 heterocycles. The van der Waals surface area contributed by atoms with Crippen LogP contribution in [-0.2, 0) is 0 Å². The van der Waals surface area contributed by atoms with Crippen LogP contribution in [0.3, 0.4) is 0 Å². The molecule has 0 saturated heterocycles. The minimum Gasteiger partial charge on any atom is -0.398 e. The SMILES string of the molecule is Cc1cc(-n2nnnc2-c2cccc(C)c2N)ccc1Br. The van der Waals surface area contributed by atoms with Crippen molar-refractivity contribution in [3.63, 3.8) is 0 Å². The van der Waals surface area contributed by atoms with Crippen molar-refractivity contribution in [2.24, 2.45) is 0 Å². The molecule has 0 saturated carbocycles. The number of aromatic nitrogens is 4.